The van der Waals surface area contributed by atoms with E-state index >= 15 is 0 Å². The first kappa shape index (κ1) is 64.9. The first-order chi connectivity index (χ1) is 36.6. The predicted molar refractivity (Wildman–Crippen MR) is 291 cm³/mol. The van der Waals surface area contributed by atoms with Gasteiger partial charge >= 0.3 is 17.9 Å². The number of aliphatic hydroxyl groups is 3. The normalized spacial score (nSPS) is 36.5. The zero-order valence-electron chi connectivity index (χ0n) is 49.2. The van der Waals surface area contributed by atoms with Crippen molar-refractivity contribution in [3.63, 3.8) is 0 Å². The maximum atomic E-state index is 14.6. The second-order valence-corrected chi connectivity index (χ2v) is 22.9. The number of nitrogens with one attached hydrogen (secondary N) is 1. The largest absolute Gasteiger partial charge is 0.462 e. The van der Waals surface area contributed by atoms with Crippen LogP contribution in [0.3, 0.4) is 0 Å². The molecule has 3 fully saturated rings. The number of hydrogen-bond acceptors (Lipinski definition) is 19. The molecule has 1 aromatic heterocycles. The zero-order valence-corrected chi connectivity index (χ0v) is 49.2. The maximum absolute atomic E-state index is 14.6. The number of fused-ring (bicyclic) bond motifs is 1. The Morgan fingerprint density at radius 2 is 1.55 bits per heavy atom. The second kappa shape index (κ2) is 27.7. The Morgan fingerprint density at radius 3 is 2.17 bits per heavy atom. The maximum Gasteiger partial charge on any atom is 0.343 e. The van der Waals surface area contributed by atoms with Gasteiger partial charge in [-0.25, -0.2) is 4.79 Å². The number of pyridine rings is 1. The molecule has 0 saturated carbocycles. The summed E-state index contributed by atoms with van der Waals surface area (Å²) >= 11 is 0. The molecule has 4 heterocycles. The summed E-state index contributed by atoms with van der Waals surface area (Å²) in [5, 5.41) is 39.1. The second-order valence-electron chi connectivity index (χ2n) is 22.9. The molecule has 5 rings (SSSR count). The van der Waals surface area contributed by atoms with Crippen molar-refractivity contribution >= 4 is 34.6 Å². The molecule has 3 saturated heterocycles. The molecule has 3 aliphatic heterocycles. The number of carbonyl (C=O) groups is 4. The summed E-state index contributed by atoms with van der Waals surface area (Å²) in [5.74, 6) is -5.94. The number of ether oxygens (including phenoxy) is 9. The number of cyclic esters (lactones) is 1. The van der Waals surface area contributed by atoms with Crippen molar-refractivity contribution in [2.75, 3.05) is 48.0 Å². The van der Waals surface area contributed by atoms with E-state index in [0.29, 0.717) is 44.3 Å². The van der Waals surface area contributed by atoms with Crippen molar-refractivity contribution in [2.45, 2.75) is 219 Å². The van der Waals surface area contributed by atoms with Crippen molar-refractivity contribution in [1.29, 1.82) is 0 Å². The standard InChI is InChI=1S/C58H93N3O17/c1-17-43-58(12,69)50(66)34(6)46(63)32(4)29-56(10,70-15)51(78-55-48(65)42(60(13)14)27-33(5)73-55)35(7)49(36(8)53(67)75-43)77-45-30-57(11,71-16)52(37(9)74-45)76-44(62)24-26-59-25-20-21-38-22-23-41-39(28-38)47(64)40(31-61(41)18-2)54(68)72-19-3/h22-23,28,31-37,42-43,45,48-52,55,59,65-66,69H,17-21,24-27,29-30H2,1-16H3/t32-,33+,34-,35-,36+,37-,42-,43+,45-,48+,49-,50+,51+,52-,55-,56+,57+,58+/m0/s1. The summed E-state index contributed by atoms with van der Waals surface area (Å²) in [6.45, 7) is 22.3. The minimum atomic E-state index is -2.03. The number of esters is 3. The number of aryl methyl sites for hydroxylation is 2. The van der Waals surface area contributed by atoms with Gasteiger partial charge in [0.15, 0.2) is 18.7 Å². The number of likely N-dealkylation sites (N-methyl/N-ethyl adjacent to an activating group) is 1. The van der Waals surface area contributed by atoms with Gasteiger partial charge in [-0.05, 0) is 126 Å². The highest BCUT2D eigenvalue weighted by Gasteiger charge is 2.55. The van der Waals surface area contributed by atoms with Crippen molar-refractivity contribution in [3.8, 4) is 0 Å². The topological polar surface area (TPSA) is 249 Å². The lowest BCUT2D eigenvalue weighted by atomic mass is 9.74. The van der Waals surface area contributed by atoms with Crippen molar-refractivity contribution in [2.24, 2.45) is 23.7 Å². The van der Waals surface area contributed by atoms with Gasteiger partial charge in [-0.1, -0.05) is 33.8 Å². The molecule has 4 N–H and O–H groups in total. The first-order valence-corrected chi connectivity index (χ1v) is 28.1. The fourth-order valence-electron chi connectivity index (χ4n) is 11.9. The van der Waals surface area contributed by atoms with Crippen LogP contribution >= 0.6 is 0 Å². The quantitative estimate of drug-likeness (QED) is 0.0810. The summed E-state index contributed by atoms with van der Waals surface area (Å²) < 4.78 is 58.4. The summed E-state index contributed by atoms with van der Waals surface area (Å²) in [6, 6.07) is 5.36. The fourth-order valence-corrected chi connectivity index (χ4v) is 11.9. The molecular formula is C58H93N3O17. The van der Waals surface area contributed by atoms with Gasteiger partial charge in [0.05, 0.1) is 60.6 Å². The molecule has 2 aromatic rings. The van der Waals surface area contributed by atoms with Crippen LogP contribution in [0.5, 0.6) is 0 Å². The Morgan fingerprint density at radius 1 is 0.885 bits per heavy atom. The van der Waals surface area contributed by atoms with Crippen LogP contribution in [0.2, 0.25) is 0 Å². The number of carbonyl (C=O) groups excluding carboxylic acids is 4. The molecular weight excluding hydrogens is 1010 g/mol. The molecule has 0 unspecified atom stereocenters. The van der Waals surface area contributed by atoms with Crippen LogP contribution in [0, 0.1) is 23.7 Å². The van der Waals surface area contributed by atoms with Crippen LogP contribution in [0.1, 0.15) is 138 Å². The predicted octanol–water partition coefficient (Wildman–Crippen LogP) is 5.11. The molecule has 20 nitrogen and oxygen atoms in total. The Hall–Kier alpha value is -3.93. The van der Waals surface area contributed by atoms with E-state index in [1.54, 1.807) is 61.6 Å². The number of benzene rings is 1. The molecule has 0 spiro atoms. The fraction of sp³-hybridized carbons (Fsp3) is 0.776. The number of rotatable bonds is 19. The summed E-state index contributed by atoms with van der Waals surface area (Å²) in [5.41, 5.74) is -3.20. The average Bonchev–Trinajstić information content (AvgIpc) is 3.49. The molecule has 3 aliphatic rings. The number of ketones is 1. The molecule has 442 valence electrons. The Bertz CT molecular complexity index is 2400. The van der Waals surface area contributed by atoms with Crippen LogP contribution in [0.15, 0.2) is 29.2 Å². The number of nitrogens with zero attached hydrogens (tertiary/aromatic N) is 2. The third-order valence-corrected chi connectivity index (χ3v) is 16.8. The van der Waals surface area contributed by atoms with Gasteiger partial charge in [0.1, 0.15) is 34.8 Å². The SMILES string of the molecule is CCOC(=O)c1cn(CC)c2ccc(CCCNCCC(=O)O[C@H]3[C@H](C)O[C@@H](O[C@H]4[C@H](C)[C@@H](O[C@@H]5O[C@H](C)C[C@H](N(C)C)[C@H]5O)[C@](C)(OC)C[C@H](C)C(=O)[C@H](C)[C@@H](O)[C@](C)(O)[C@@H](CC)OC(=O)[C@@H]4C)C[C@@]3(C)OC)cc2c1=O. The van der Waals surface area contributed by atoms with Gasteiger partial charge in [0.2, 0.25) is 5.43 Å². The highest BCUT2D eigenvalue weighted by atomic mass is 16.7. The lowest BCUT2D eigenvalue weighted by Gasteiger charge is -2.50. The molecule has 78 heavy (non-hydrogen) atoms. The Labute approximate surface area is 461 Å². The van der Waals surface area contributed by atoms with Crippen LogP contribution in [0.25, 0.3) is 10.9 Å². The number of aliphatic hydroxyl groups excluding tert-OH is 2. The van der Waals surface area contributed by atoms with E-state index in [1.807, 2.05) is 62.5 Å². The smallest absolute Gasteiger partial charge is 0.343 e. The van der Waals surface area contributed by atoms with Crippen LogP contribution in [-0.4, -0.2) is 181 Å². The Kier molecular flexibility index (Phi) is 23.0. The lowest BCUT2D eigenvalue weighted by molar-refractivity contribution is -0.320. The van der Waals surface area contributed by atoms with Gasteiger partial charge in [-0.3, -0.25) is 19.2 Å². The van der Waals surface area contributed by atoms with E-state index in [4.69, 9.17) is 42.6 Å². The molecule has 20 heteroatoms. The van der Waals surface area contributed by atoms with Crippen LogP contribution < -0.4 is 10.7 Å². The number of hydrogen-bond donors (Lipinski definition) is 4. The van der Waals surface area contributed by atoms with Crippen molar-refractivity contribution in [3.05, 3.63) is 45.7 Å². The van der Waals surface area contributed by atoms with Gasteiger partial charge < -0.3 is 72.7 Å². The van der Waals surface area contributed by atoms with Gasteiger partial charge in [0, 0.05) is 69.1 Å². The van der Waals surface area contributed by atoms with E-state index in [9.17, 15) is 39.3 Å². The number of methoxy groups -OCH3 is 2. The summed E-state index contributed by atoms with van der Waals surface area (Å²) in [4.78, 5) is 70.1. The molecule has 1 aromatic carbocycles. The average molecular weight is 1100 g/mol. The van der Waals surface area contributed by atoms with Crippen molar-refractivity contribution < 1.29 is 77.1 Å². The highest BCUT2D eigenvalue weighted by Crippen LogP contribution is 2.42. The molecule has 0 aliphatic carbocycles. The molecule has 0 radical (unpaired) electrons. The highest BCUT2D eigenvalue weighted by molar-refractivity contribution is 5.94. The lowest BCUT2D eigenvalue weighted by Crippen LogP contribution is -2.61. The minimum Gasteiger partial charge on any atom is -0.462 e. The zero-order chi connectivity index (χ0) is 58.2. The number of aromatic nitrogens is 1. The van der Waals surface area contributed by atoms with E-state index in [-0.39, 0.29) is 61.2 Å². The van der Waals surface area contributed by atoms with E-state index in [0.717, 1.165) is 11.1 Å². The first-order valence-electron chi connectivity index (χ1n) is 28.1. The number of Topliss-reactive ketones (excluding diaryl/α,β-unsaturated/α-hetero) is 1. The minimum absolute atomic E-state index is 0.00244. The van der Waals surface area contributed by atoms with Gasteiger partial charge in [0.25, 0.3) is 0 Å². The molecule has 0 amide bonds. The van der Waals surface area contributed by atoms with Crippen LogP contribution in [-0.2, 0) is 70.0 Å². The Balaban J connectivity index is 1.34. The third-order valence-electron chi connectivity index (χ3n) is 16.8. The molecule has 18 atom stereocenters. The third kappa shape index (κ3) is 14.8. The van der Waals surface area contributed by atoms with E-state index in [2.05, 4.69) is 5.32 Å². The van der Waals surface area contributed by atoms with Crippen LogP contribution in [0.4, 0.5) is 0 Å². The summed E-state index contributed by atoms with van der Waals surface area (Å²) in [6.07, 6.45) is -6.58. The van der Waals surface area contributed by atoms with E-state index < -0.39 is 114 Å². The van der Waals surface area contributed by atoms with Crippen molar-refractivity contribution in [1.82, 2.24) is 14.8 Å². The van der Waals surface area contributed by atoms with Gasteiger partial charge in [-0.2, -0.15) is 0 Å². The molecule has 0 bridgehead atoms. The monoisotopic (exact) mass is 1100 g/mol. The van der Waals surface area contributed by atoms with E-state index in [1.165, 1.54) is 21.1 Å². The summed E-state index contributed by atoms with van der Waals surface area (Å²) in [7, 11) is 6.74. The van der Waals surface area contributed by atoms with Gasteiger partial charge in [-0.15, -0.1) is 0 Å².